The number of hydrogen-bond acceptors (Lipinski definition) is 3. The first-order valence-corrected chi connectivity index (χ1v) is 6.89. The summed E-state index contributed by atoms with van der Waals surface area (Å²) in [5.74, 6) is -0.410. The standard InChI is InChI=1S/C15H14ClFN4/c1-9-12-6-11(8-19-15(12)21(2)20-9)18-7-10-3-4-13(16)14(17)5-10/h3-6,8,18H,7H2,1-2H3. The Balaban J connectivity index is 1.81. The van der Waals surface area contributed by atoms with Crippen molar-refractivity contribution >= 4 is 28.3 Å². The van der Waals surface area contributed by atoms with E-state index < -0.39 is 5.82 Å². The molecule has 0 spiro atoms. The molecule has 0 radical (unpaired) electrons. The van der Waals surface area contributed by atoms with Crippen LogP contribution in [0.5, 0.6) is 0 Å². The van der Waals surface area contributed by atoms with Crippen LogP contribution in [0.2, 0.25) is 5.02 Å². The summed E-state index contributed by atoms with van der Waals surface area (Å²) in [4.78, 5) is 4.39. The molecule has 3 aromatic rings. The zero-order chi connectivity index (χ0) is 15.0. The fourth-order valence-corrected chi connectivity index (χ4v) is 2.38. The van der Waals surface area contributed by atoms with Gasteiger partial charge in [-0.05, 0) is 30.7 Å². The lowest BCUT2D eigenvalue weighted by atomic mass is 10.2. The smallest absolute Gasteiger partial charge is 0.157 e. The lowest BCUT2D eigenvalue weighted by Gasteiger charge is -2.07. The van der Waals surface area contributed by atoms with E-state index in [4.69, 9.17) is 11.6 Å². The summed E-state index contributed by atoms with van der Waals surface area (Å²) < 4.78 is 15.1. The fraction of sp³-hybridized carbons (Fsp3) is 0.200. The van der Waals surface area contributed by atoms with Crippen molar-refractivity contribution in [1.29, 1.82) is 0 Å². The van der Waals surface area contributed by atoms with E-state index in [1.165, 1.54) is 6.07 Å². The van der Waals surface area contributed by atoms with Crippen LogP contribution in [0.1, 0.15) is 11.3 Å². The van der Waals surface area contributed by atoms with Crippen molar-refractivity contribution in [3.05, 3.63) is 52.6 Å². The zero-order valence-corrected chi connectivity index (χ0v) is 12.4. The van der Waals surface area contributed by atoms with Crippen LogP contribution in [-0.2, 0) is 13.6 Å². The molecule has 3 rings (SSSR count). The number of nitrogens with zero attached hydrogens (tertiary/aromatic N) is 3. The topological polar surface area (TPSA) is 42.7 Å². The van der Waals surface area contributed by atoms with Crippen molar-refractivity contribution in [2.75, 3.05) is 5.32 Å². The van der Waals surface area contributed by atoms with Crippen molar-refractivity contribution in [1.82, 2.24) is 14.8 Å². The third-order valence-electron chi connectivity index (χ3n) is 3.34. The minimum atomic E-state index is -0.410. The van der Waals surface area contributed by atoms with Gasteiger partial charge < -0.3 is 5.32 Å². The van der Waals surface area contributed by atoms with Crippen LogP contribution in [0, 0.1) is 12.7 Å². The van der Waals surface area contributed by atoms with Crippen LogP contribution in [-0.4, -0.2) is 14.8 Å². The molecule has 0 saturated heterocycles. The van der Waals surface area contributed by atoms with Crippen molar-refractivity contribution in [3.63, 3.8) is 0 Å². The number of rotatable bonds is 3. The number of benzene rings is 1. The third-order valence-corrected chi connectivity index (χ3v) is 3.65. The molecule has 0 saturated carbocycles. The fourth-order valence-electron chi connectivity index (χ4n) is 2.26. The maximum Gasteiger partial charge on any atom is 0.157 e. The van der Waals surface area contributed by atoms with Gasteiger partial charge in [0.25, 0.3) is 0 Å². The highest BCUT2D eigenvalue weighted by atomic mass is 35.5. The molecule has 0 aliphatic carbocycles. The molecule has 0 aliphatic heterocycles. The molecule has 1 aromatic carbocycles. The van der Waals surface area contributed by atoms with Crippen LogP contribution in [0.3, 0.4) is 0 Å². The molecule has 0 bridgehead atoms. The maximum absolute atomic E-state index is 13.4. The zero-order valence-electron chi connectivity index (χ0n) is 11.7. The molecule has 2 aromatic heterocycles. The van der Waals surface area contributed by atoms with E-state index in [1.807, 2.05) is 20.0 Å². The summed E-state index contributed by atoms with van der Waals surface area (Å²) in [6.07, 6.45) is 1.75. The Bertz CT molecular complexity index is 813. The quantitative estimate of drug-likeness (QED) is 0.802. The molecule has 0 aliphatic rings. The summed E-state index contributed by atoms with van der Waals surface area (Å²) in [5.41, 5.74) is 3.46. The summed E-state index contributed by atoms with van der Waals surface area (Å²) in [7, 11) is 1.87. The van der Waals surface area contributed by atoms with Gasteiger partial charge in [0.1, 0.15) is 5.82 Å². The van der Waals surface area contributed by atoms with Gasteiger partial charge in [0.05, 0.1) is 22.6 Å². The number of pyridine rings is 1. The highest BCUT2D eigenvalue weighted by Crippen LogP contribution is 2.20. The number of fused-ring (bicyclic) bond motifs is 1. The van der Waals surface area contributed by atoms with Crippen molar-refractivity contribution < 1.29 is 4.39 Å². The summed E-state index contributed by atoms with van der Waals surface area (Å²) in [5, 5.41) is 8.70. The Kier molecular flexibility index (Phi) is 3.51. The third kappa shape index (κ3) is 2.69. The predicted molar refractivity (Wildman–Crippen MR) is 82.0 cm³/mol. The van der Waals surface area contributed by atoms with E-state index in [2.05, 4.69) is 15.4 Å². The van der Waals surface area contributed by atoms with Gasteiger partial charge in [-0.2, -0.15) is 5.10 Å². The van der Waals surface area contributed by atoms with Crippen LogP contribution in [0.4, 0.5) is 10.1 Å². The number of hydrogen-bond donors (Lipinski definition) is 1. The highest BCUT2D eigenvalue weighted by molar-refractivity contribution is 6.30. The number of halogens is 2. The number of anilines is 1. The minimum absolute atomic E-state index is 0.132. The Morgan fingerprint density at radius 3 is 2.90 bits per heavy atom. The first-order chi connectivity index (χ1) is 10.0. The van der Waals surface area contributed by atoms with Gasteiger partial charge in [-0.1, -0.05) is 17.7 Å². The second kappa shape index (κ2) is 5.33. The monoisotopic (exact) mass is 304 g/mol. The molecule has 4 nitrogen and oxygen atoms in total. The Labute approximate surface area is 126 Å². The molecule has 0 amide bonds. The Morgan fingerprint density at radius 1 is 1.33 bits per heavy atom. The second-order valence-electron chi connectivity index (χ2n) is 4.91. The van der Waals surface area contributed by atoms with Crippen molar-refractivity contribution in [3.8, 4) is 0 Å². The highest BCUT2D eigenvalue weighted by Gasteiger charge is 2.07. The first kappa shape index (κ1) is 13.8. The summed E-state index contributed by atoms with van der Waals surface area (Å²) >= 11 is 5.67. The lowest BCUT2D eigenvalue weighted by molar-refractivity contribution is 0.626. The van der Waals surface area contributed by atoms with Crippen LogP contribution < -0.4 is 5.32 Å². The van der Waals surface area contributed by atoms with Gasteiger partial charge in [0.2, 0.25) is 0 Å². The minimum Gasteiger partial charge on any atom is -0.380 e. The Morgan fingerprint density at radius 2 is 2.14 bits per heavy atom. The van der Waals surface area contributed by atoms with Crippen molar-refractivity contribution in [2.45, 2.75) is 13.5 Å². The molecule has 2 heterocycles. The largest absolute Gasteiger partial charge is 0.380 e. The van der Waals surface area contributed by atoms with Gasteiger partial charge in [0, 0.05) is 19.0 Å². The van der Waals surface area contributed by atoms with Gasteiger partial charge in [-0.25, -0.2) is 9.37 Å². The normalized spacial score (nSPS) is 11.0. The Hall–Kier alpha value is -2.14. The average Bonchev–Trinajstić information content (AvgIpc) is 2.75. The molecule has 21 heavy (non-hydrogen) atoms. The lowest BCUT2D eigenvalue weighted by Crippen LogP contribution is -2.00. The molecule has 1 N–H and O–H groups in total. The molecular weight excluding hydrogens is 291 g/mol. The first-order valence-electron chi connectivity index (χ1n) is 6.52. The maximum atomic E-state index is 13.4. The average molecular weight is 305 g/mol. The van der Waals surface area contributed by atoms with Crippen molar-refractivity contribution in [2.24, 2.45) is 7.05 Å². The van der Waals surface area contributed by atoms with E-state index in [0.29, 0.717) is 6.54 Å². The van der Waals surface area contributed by atoms with Crippen LogP contribution >= 0.6 is 11.6 Å². The van der Waals surface area contributed by atoms with E-state index in [1.54, 1.807) is 23.0 Å². The van der Waals surface area contributed by atoms with Gasteiger partial charge in [-0.15, -0.1) is 0 Å². The van der Waals surface area contributed by atoms with Gasteiger partial charge >= 0.3 is 0 Å². The second-order valence-corrected chi connectivity index (χ2v) is 5.31. The van der Waals surface area contributed by atoms with Crippen LogP contribution in [0.25, 0.3) is 11.0 Å². The predicted octanol–water partition coefficient (Wildman–Crippen LogP) is 3.68. The van der Waals surface area contributed by atoms with E-state index in [9.17, 15) is 4.39 Å². The molecule has 108 valence electrons. The van der Waals surface area contributed by atoms with E-state index in [0.717, 1.165) is 28.0 Å². The molecule has 0 atom stereocenters. The van der Waals surface area contributed by atoms with E-state index >= 15 is 0 Å². The summed E-state index contributed by atoms with van der Waals surface area (Å²) in [6.45, 7) is 2.45. The summed E-state index contributed by atoms with van der Waals surface area (Å²) in [6, 6.07) is 6.77. The number of aromatic nitrogens is 3. The number of aryl methyl sites for hydroxylation is 2. The van der Waals surface area contributed by atoms with Gasteiger partial charge in [-0.3, -0.25) is 4.68 Å². The molecular formula is C15H14ClFN4. The molecule has 6 heteroatoms. The van der Waals surface area contributed by atoms with E-state index in [-0.39, 0.29) is 5.02 Å². The van der Waals surface area contributed by atoms with Gasteiger partial charge in [0.15, 0.2) is 5.65 Å². The number of nitrogens with one attached hydrogen (secondary N) is 1. The molecule has 0 fully saturated rings. The SMILES string of the molecule is Cc1nn(C)c2ncc(NCc3ccc(Cl)c(F)c3)cc12. The molecule has 0 unspecified atom stereocenters. The van der Waals surface area contributed by atoms with Crippen LogP contribution in [0.15, 0.2) is 30.5 Å².